The normalized spacial score (nSPS) is 16.0. The van der Waals surface area contributed by atoms with E-state index in [2.05, 4.69) is 4.90 Å². The molecule has 1 aliphatic heterocycles. The van der Waals surface area contributed by atoms with Crippen molar-refractivity contribution in [3.8, 4) is 0 Å². The van der Waals surface area contributed by atoms with E-state index in [9.17, 15) is 4.79 Å². The monoisotopic (exact) mass is 292 g/mol. The van der Waals surface area contributed by atoms with Crippen LogP contribution in [-0.2, 0) is 0 Å². The van der Waals surface area contributed by atoms with Crippen LogP contribution in [0.3, 0.4) is 0 Å². The minimum absolute atomic E-state index is 0.0228. The Kier molecular flexibility index (Phi) is 5.03. The van der Waals surface area contributed by atoms with Crippen LogP contribution in [0.2, 0.25) is 0 Å². The molecule has 0 aromatic heterocycles. The number of β-amino-alcohol motifs (C(OH)–C–C–N with tert-alkyl or cyclic N) is 1. The van der Waals surface area contributed by atoms with Crippen LogP contribution in [0, 0.1) is 0 Å². The lowest BCUT2D eigenvalue weighted by Gasteiger charge is -2.35. The van der Waals surface area contributed by atoms with Gasteiger partial charge in [-0.3, -0.25) is 9.69 Å². The van der Waals surface area contributed by atoms with Gasteiger partial charge in [0.05, 0.1) is 12.2 Å². The van der Waals surface area contributed by atoms with Crippen LogP contribution in [0.4, 0.5) is 11.4 Å². The Bertz CT molecular complexity index is 496. The highest BCUT2D eigenvalue weighted by molar-refractivity contribution is 6.00. The average molecular weight is 292 g/mol. The van der Waals surface area contributed by atoms with Gasteiger partial charge in [-0.2, -0.15) is 0 Å². The zero-order valence-corrected chi connectivity index (χ0v) is 12.7. The summed E-state index contributed by atoms with van der Waals surface area (Å²) >= 11 is 0. The van der Waals surface area contributed by atoms with E-state index in [0.717, 1.165) is 18.8 Å². The fourth-order valence-corrected chi connectivity index (χ4v) is 2.60. The molecule has 0 aliphatic carbocycles. The molecule has 0 radical (unpaired) electrons. The van der Waals surface area contributed by atoms with Crippen molar-refractivity contribution in [3.05, 3.63) is 23.8 Å². The van der Waals surface area contributed by atoms with Gasteiger partial charge in [-0.1, -0.05) is 0 Å². The summed E-state index contributed by atoms with van der Waals surface area (Å²) in [5.41, 5.74) is 7.96. The van der Waals surface area contributed by atoms with E-state index < -0.39 is 0 Å². The van der Waals surface area contributed by atoms with E-state index in [1.807, 2.05) is 36.0 Å². The Labute approximate surface area is 125 Å². The highest BCUT2D eigenvalue weighted by Crippen LogP contribution is 2.23. The van der Waals surface area contributed by atoms with Gasteiger partial charge in [0.25, 0.3) is 5.91 Å². The summed E-state index contributed by atoms with van der Waals surface area (Å²) in [6.07, 6.45) is 0. The minimum atomic E-state index is 0.0228. The predicted molar refractivity (Wildman–Crippen MR) is 84.6 cm³/mol. The Morgan fingerprint density at radius 3 is 2.52 bits per heavy atom. The maximum absolute atomic E-state index is 12.7. The Balaban J connectivity index is 2.12. The number of hydrogen-bond donors (Lipinski definition) is 2. The summed E-state index contributed by atoms with van der Waals surface area (Å²) in [4.78, 5) is 18.7. The second kappa shape index (κ2) is 6.78. The number of carbonyl (C=O) groups excluding carboxylic acids is 1. The molecule has 1 aromatic carbocycles. The molecule has 6 nitrogen and oxygen atoms in total. The van der Waals surface area contributed by atoms with Crippen LogP contribution in [0.5, 0.6) is 0 Å². The highest BCUT2D eigenvalue weighted by atomic mass is 16.3. The predicted octanol–water partition coefficient (Wildman–Crippen LogP) is 0.0849. The van der Waals surface area contributed by atoms with Crippen molar-refractivity contribution >= 4 is 17.3 Å². The largest absolute Gasteiger partial charge is 0.399 e. The molecule has 0 spiro atoms. The summed E-state index contributed by atoms with van der Waals surface area (Å²) in [6, 6.07) is 5.44. The number of hydrogen-bond acceptors (Lipinski definition) is 5. The molecule has 0 unspecified atom stereocenters. The van der Waals surface area contributed by atoms with Crippen molar-refractivity contribution in [2.75, 3.05) is 64.1 Å². The van der Waals surface area contributed by atoms with Gasteiger partial charge in [0.2, 0.25) is 0 Å². The number of rotatable bonds is 4. The third kappa shape index (κ3) is 3.65. The Hall–Kier alpha value is -1.79. The molecule has 1 saturated heterocycles. The van der Waals surface area contributed by atoms with Crippen molar-refractivity contribution in [1.82, 2.24) is 9.80 Å². The number of carbonyl (C=O) groups is 1. The van der Waals surface area contributed by atoms with Crippen molar-refractivity contribution in [3.63, 3.8) is 0 Å². The van der Waals surface area contributed by atoms with Crippen molar-refractivity contribution < 1.29 is 9.90 Å². The van der Waals surface area contributed by atoms with E-state index in [1.54, 1.807) is 6.07 Å². The van der Waals surface area contributed by atoms with E-state index in [4.69, 9.17) is 10.8 Å². The fourth-order valence-electron chi connectivity index (χ4n) is 2.60. The van der Waals surface area contributed by atoms with Gasteiger partial charge in [0, 0.05) is 58.2 Å². The number of nitrogens with two attached hydrogens (primary N) is 1. The molecule has 0 atom stereocenters. The molecule has 3 N–H and O–H groups in total. The first-order valence-corrected chi connectivity index (χ1v) is 7.22. The first-order valence-electron chi connectivity index (χ1n) is 7.22. The average Bonchev–Trinajstić information content (AvgIpc) is 2.47. The molecule has 1 heterocycles. The fraction of sp³-hybridized carbons (Fsp3) is 0.533. The Morgan fingerprint density at radius 1 is 1.29 bits per heavy atom. The zero-order valence-electron chi connectivity index (χ0n) is 12.7. The smallest absolute Gasteiger partial charge is 0.256 e. The molecule has 116 valence electrons. The molecule has 0 bridgehead atoms. The first kappa shape index (κ1) is 15.6. The van der Waals surface area contributed by atoms with Gasteiger partial charge in [0.15, 0.2) is 0 Å². The van der Waals surface area contributed by atoms with Gasteiger partial charge in [-0.05, 0) is 18.2 Å². The SMILES string of the molecule is CN(C)c1ccc(N)cc1C(=O)N1CCN(CCO)CC1. The molecule has 1 aliphatic rings. The number of aliphatic hydroxyl groups excluding tert-OH is 1. The van der Waals surface area contributed by atoms with Crippen LogP contribution in [0.25, 0.3) is 0 Å². The lowest BCUT2D eigenvalue weighted by molar-refractivity contribution is 0.0615. The van der Waals surface area contributed by atoms with Gasteiger partial charge in [-0.15, -0.1) is 0 Å². The first-order chi connectivity index (χ1) is 10.0. The van der Waals surface area contributed by atoms with Gasteiger partial charge in [0.1, 0.15) is 0 Å². The standard InChI is InChI=1S/C15H24N4O2/c1-17(2)14-4-3-12(16)11-13(14)15(21)19-7-5-18(6-8-19)9-10-20/h3-4,11,20H,5-10,16H2,1-2H3. The summed E-state index contributed by atoms with van der Waals surface area (Å²) in [5, 5.41) is 8.96. The van der Waals surface area contributed by atoms with Crippen LogP contribution >= 0.6 is 0 Å². The topological polar surface area (TPSA) is 73.0 Å². The lowest BCUT2D eigenvalue weighted by Crippen LogP contribution is -2.49. The summed E-state index contributed by atoms with van der Waals surface area (Å²) < 4.78 is 0. The van der Waals surface area contributed by atoms with Crippen molar-refractivity contribution in [2.24, 2.45) is 0 Å². The molecule has 6 heteroatoms. The quantitative estimate of drug-likeness (QED) is 0.769. The molecular formula is C15H24N4O2. The Morgan fingerprint density at radius 2 is 1.95 bits per heavy atom. The highest BCUT2D eigenvalue weighted by Gasteiger charge is 2.24. The maximum atomic E-state index is 12.7. The third-order valence-corrected chi connectivity index (χ3v) is 3.81. The molecule has 1 aromatic rings. The summed E-state index contributed by atoms with van der Waals surface area (Å²) in [5.74, 6) is 0.0228. The molecule has 0 saturated carbocycles. The van der Waals surface area contributed by atoms with Crippen LogP contribution in [0.1, 0.15) is 10.4 Å². The maximum Gasteiger partial charge on any atom is 0.256 e. The number of benzene rings is 1. The number of aliphatic hydroxyl groups is 1. The minimum Gasteiger partial charge on any atom is -0.399 e. The van der Waals surface area contributed by atoms with Gasteiger partial charge >= 0.3 is 0 Å². The van der Waals surface area contributed by atoms with E-state index >= 15 is 0 Å². The van der Waals surface area contributed by atoms with E-state index in [1.165, 1.54) is 0 Å². The molecule has 21 heavy (non-hydrogen) atoms. The lowest BCUT2D eigenvalue weighted by atomic mass is 10.1. The van der Waals surface area contributed by atoms with Crippen molar-refractivity contribution in [1.29, 1.82) is 0 Å². The van der Waals surface area contributed by atoms with Gasteiger partial charge in [-0.25, -0.2) is 0 Å². The third-order valence-electron chi connectivity index (χ3n) is 3.81. The number of piperazine rings is 1. The summed E-state index contributed by atoms with van der Waals surface area (Å²) in [6.45, 7) is 3.79. The van der Waals surface area contributed by atoms with E-state index in [0.29, 0.717) is 30.9 Å². The molecular weight excluding hydrogens is 268 g/mol. The second-order valence-electron chi connectivity index (χ2n) is 5.53. The molecule has 1 fully saturated rings. The van der Waals surface area contributed by atoms with E-state index in [-0.39, 0.29) is 12.5 Å². The van der Waals surface area contributed by atoms with Crippen LogP contribution in [-0.4, -0.2) is 74.2 Å². The van der Waals surface area contributed by atoms with Gasteiger partial charge < -0.3 is 20.6 Å². The molecule has 1 amide bonds. The number of nitrogens with zero attached hydrogens (tertiary/aromatic N) is 3. The van der Waals surface area contributed by atoms with Crippen LogP contribution in [0.15, 0.2) is 18.2 Å². The second-order valence-corrected chi connectivity index (χ2v) is 5.53. The zero-order chi connectivity index (χ0) is 15.4. The van der Waals surface area contributed by atoms with Crippen LogP contribution < -0.4 is 10.6 Å². The summed E-state index contributed by atoms with van der Waals surface area (Å²) in [7, 11) is 3.84. The number of anilines is 2. The van der Waals surface area contributed by atoms with Crippen molar-refractivity contribution in [2.45, 2.75) is 0 Å². The number of amides is 1. The molecule has 2 rings (SSSR count). The number of nitrogen functional groups attached to an aromatic ring is 1.